The Morgan fingerprint density at radius 1 is 0.760 bits per heavy atom. The van der Waals surface area contributed by atoms with E-state index in [0.717, 1.165) is 0 Å². The largest absolute Gasteiger partial charge is 0.147 e. The molecule has 2 aliphatic rings. The summed E-state index contributed by atoms with van der Waals surface area (Å²) >= 11 is -2.73. The summed E-state index contributed by atoms with van der Waals surface area (Å²) in [4.78, 5) is 0. The summed E-state index contributed by atoms with van der Waals surface area (Å²) in [6.07, 6.45) is 7.21. The molecule has 0 bridgehead atoms. The van der Waals surface area contributed by atoms with Crippen molar-refractivity contribution in [2.75, 3.05) is 0 Å². The van der Waals surface area contributed by atoms with Crippen LogP contribution in [0.3, 0.4) is 0 Å². The molecule has 0 saturated heterocycles. The maximum Gasteiger partial charge on any atom is -0.147 e. The van der Waals surface area contributed by atoms with Crippen molar-refractivity contribution in [3.05, 3.63) is 76.9 Å². The fraction of sp³-hybridized carbons (Fsp3) is 0.318. The minimum Gasteiger partial charge on any atom is -0.147 e. The molecule has 0 nitrogen and oxygen atoms in total. The third kappa shape index (κ3) is 4.26. The molecule has 0 atom stereocenters. The minimum absolute atomic E-state index is 0. The van der Waals surface area contributed by atoms with Gasteiger partial charge in [-0.2, -0.15) is 0 Å². The molecule has 0 fully saturated rings. The zero-order valence-electron chi connectivity index (χ0n) is 15.8. The van der Waals surface area contributed by atoms with Crippen LogP contribution in [0.2, 0.25) is 4.63 Å². The minimum atomic E-state index is -2.73. The molecular formula is C22H29Cl2Zr. The molecule has 25 heavy (non-hydrogen) atoms. The van der Waals surface area contributed by atoms with Crippen molar-refractivity contribution in [2.45, 2.75) is 45.2 Å². The fourth-order valence-electron chi connectivity index (χ4n) is 4.04. The Bertz CT molecular complexity index is 775. The number of rotatable bonds is 3. The molecule has 1 aromatic rings. The average molecular weight is 456 g/mol. The second-order valence-corrected chi connectivity index (χ2v) is 16.7. The van der Waals surface area contributed by atoms with Crippen LogP contribution in [0.5, 0.6) is 0 Å². The SMILES string of the molecule is CC1=CC[C]([Zr]([CH3])(=[CH]c2ccccc2)[C]2=C(C)C(C)=CC2)=C1C.Cl.Cl. The number of hydrogen-bond acceptors (Lipinski definition) is 0. The van der Waals surface area contributed by atoms with Gasteiger partial charge in [0.25, 0.3) is 0 Å². The van der Waals surface area contributed by atoms with Gasteiger partial charge < -0.3 is 0 Å². The predicted octanol–water partition coefficient (Wildman–Crippen LogP) is 7.13. The molecule has 0 N–H and O–H groups in total. The summed E-state index contributed by atoms with van der Waals surface area (Å²) in [5.41, 5.74) is 7.52. The van der Waals surface area contributed by atoms with Gasteiger partial charge in [0.1, 0.15) is 0 Å². The van der Waals surface area contributed by atoms with Crippen LogP contribution in [-0.4, -0.2) is 3.71 Å². The van der Waals surface area contributed by atoms with E-state index in [1.54, 1.807) is 17.7 Å². The average Bonchev–Trinajstić information content (AvgIpc) is 3.05. The van der Waals surface area contributed by atoms with E-state index in [9.17, 15) is 0 Å². The van der Waals surface area contributed by atoms with E-state index in [1.807, 2.05) is 0 Å². The van der Waals surface area contributed by atoms with Gasteiger partial charge in [-0.3, -0.25) is 0 Å². The Kier molecular flexibility index (Phi) is 8.06. The topological polar surface area (TPSA) is 0 Å². The third-order valence-electron chi connectivity index (χ3n) is 5.82. The van der Waals surface area contributed by atoms with Gasteiger partial charge >= 0.3 is 146 Å². The van der Waals surface area contributed by atoms with Crippen molar-refractivity contribution in [3.8, 4) is 0 Å². The smallest absolute Gasteiger partial charge is 0.147 e. The van der Waals surface area contributed by atoms with E-state index in [0.29, 0.717) is 0 Å². The van der Waals surface area contributed by atoms with Crippen LogP contribution in [0.25, 0.3) is 0 Å². The summed E-state index contributed by atoms with van der Waals surface area (Å²) < 4.78 is 8.86. The van der Waals surface area contributed by atoms with Gasteiger partial charge in [0.2, 0.25) is 0 Å². The zero-order chi connectivity index (χ0) is 16.6. The Morgan fingerprint density at radius 2 is 1.20 bits per heavy atom. The molecule has 2 aliphatic carbocycles. The molecular weight excluding hydrogens is 426 g/mol. The Balaban J connectivity index is 0.00000156. The summed E-state index contributed by atoms with van der Waals surface area (Å²) in [6, 6.07) is 11.0. The van der Waals surface area contributed by atoms with Crippen LogP contribution in [-0.2, 0) is 19.8 Å². The molecule has 3 heteroatoms. The van der Waals surface area contributed by atoms with Gasteiger partial charge in [-0.25, -0.2) is 0 Å². The summed E-state index contributed by atoms with van der Waals surface area (Å²) in [5.74, 6) is 0. The number of benzene rings is 1. The molecule has 3 rings (SSSR count). The molecule has 0 saturated carbocycles. The first-order chi connectivity index (χ1) is 10.9. The molecule has 0 spiro atoms. The van der Waals surface area contributed by atoms with Crippen molar-refractivity contribution >= 4 is 28.5 Å². The van der Waals surface area contributed by atoms with E-state index in [1.165, 1.54) is 29.6 Å². The summed E-state index contributed by atoms with van der Waals surface area (Å²) in [7, 11) is 0. The standard InChI is InChI=1S/2C7H9.C7H6.CH3.2ClH.Zr/c2*1-6-4-3-5-7(6)2;1-7-5-3-2-4-6-7;;;;/h2*4H,3H2,1-2H3;1-6H;1H3;2*1H;. The van der Waals surface area contributed by atoms with Crippen molar-refractivity contribution in [3.63, 3.8) is 0 Å². The Labute approximate surface area is 169 Å². The quantitative estimate of drug-likeness (QED) is 0.455. The van der Waals surface area contributed by atoms with Crippen LogP contribution < -0.4 is 0 Å². The second kappa shape index (κ2) is 8.94. The zero-order valence-corrected chi connectivity index (χ0v) is 19.9. The van der Waals surface area contributed by atoms with Crippen LogP contribution in [0, 0.1) is 0 Å². The first kappa shape index (κ1) is 22.6. The number of allylic oxidation sites excluding steroid dienone is 8. The second-order valence-electron chi connectivity index (χ2n) is 7.15. The molecule has 1 aromatic carbocycles. The normalized spacial score (nSPS) is 17.0. The van der Waals surface area contributed by atoms with E-state index < -0.39 is 19.8 Å². The van der Waals surface area contributed by atoms with Crippen molar-refractivity contribution < 1.29 is 19.8 Å². The molecule has 0 heterocycles. The molecule has 0 aliphatic heterocycles. The van der Waals surface area contributed by atoms with Gasteiger partial charge in [-0.05, 0) is 0 Å². The molecule has 0 unspecified atom stereocenters. The van der Waals surface area contributed by atoms with Crippen LogP contribution in [0.1, 0.15) is 46.1 Å². The van der Waals surface area contributed by atoms with Crippen molar-refractivity contribution in [2.24, 2.45) is 0 Å². The fourth-order valence-corrected chi connectivity index (χ4v) is 15.3. The molecule has 0 aromatic heterocycles. The van der Waals surface area contributed by atoms with Crippen molar-refractivity contribution in [1.82, 2.24) is 0 Å². The number of hydrogen-bond donors (Lipinski definition) is 0. The van der Waals surface area contributed by atoms with Gasteiger partial charge in [-0.15, -0.1) is 24.8 Å². The van der Waals surface area contributed by atoms with Crippen LogP contribution >= 0.6 is 24.8 Å². The van der Waals surface area contributed by atoms with E-state index in [2.05, 4.69) is 78.5 Å². The molecule has 135 valence electrons. The third-order valence-corrected chi connectivity index (χ3v) is 17.1. The van der Waals surface area contributed by atoms with E-state index in [4.69, 9.17) is 0 Å². The monoisotopic (exact) mass is 453 g/mol. The van der Waals surface area contributed by atoms with Gasteiger partial charge in [-0.1, -0.05) is 0 Å². The van der Waals surface area contributed by atoms with E-state index >= 15 is 0 Å². The van der Waals surface area contributed by atoms with Gasteiger partial charge in [0.15, 0.2) is 0 Å². The molecule has 0 amide bonds. The first-order valence-corrected chi connectivity index (χ1v) is 14.9. The van der Waals surface area contributed by atoms with Crippen molar-refractivity contribution in [1.29, 1.82) is 0 Å². The van der Waals surface area contributed by atoms with E-state index in [-0.39, 0.29) is 24.8 Å². The summed E-state index contributed by atoms with van der Waals surface area (Å²) in [5, 5.41) is 0. The Hall–Kier alpha value is -0.487. The first-order valence-electron chi connectivity index (χ1n) is 8.59. The maximum atomic E-state index is 2.69. The Morgan fingerprint density at radius 3 is 1.56 bits per heavy atom. The van der Waals surface area contributed by atoms with Gasteiger partial charge in [0, 0.05) is 0 Å². The van der Waals surface area contributed by atoms with Crippen LogP contribution in [0.4, 0.5) is 0 Å². The predicted molar refractivity (Wildman–Crippen MR) is 114 cm³/mol. The number of halogens is 2. The summed E-state index contributed by atoms with van der Waals surface area (Å²) in [6.45, 7) is 9.23. The van der Waals surface area contributed by atoms with Gasteiger partial charge in [0.05, 0.1) is 0 Å². The molecule has 0 radical (unpaired) electrons. The van der Waals surface area contributed by atoms with Crippen LogP contribution in [0.15, 0.2) is 71.3 Å². The maximum absolute atomic E-state index is 2.73.